The van der Waals surface area contributed by atoms with E-state index in [9.17, 15) is 9.59 Å². The summed E-state index contributed by atoms with van der Waals surface area (Å²) in [4.78, 5) is 28.8. The summed E-state index contributed by atoms with van der Waals surface area (Å²) >= 11 is 0. The lowest BCUT2D eigenvalue weighted by Gasteiger charge is -2.36. The maximum absolute atomic E-state index is 12.9. The van der Waals surface area contributed by atoms with Gasteiger partial charge in [-0.25, -0.2) is 4.79 Å². The molecule has 0 aromatic carbocycles. The first-order valence-corrected chi connectivity index (χ1v) is 11.0. The van der Waals surface area contributed by atoms with E-state index in [0.717, 1.165) is 12.8 Å². The predicted molar refractivity (Wildman–Crippen MR) is 107 cm³/mol. The quantitative estimate of drug-likeness (QED) is 0.738. The zero-order chi connectivity index (χ0) is 21.3. The summed E-state index contributed by atoms with van der Waals surface area (Å²) in [5, 5.41) is 8.31. The van der Waals surface area contributed by atoms with Gasteiger partial charge < -0.3 is 23.7 Å². The van der Waals surface area contributed by atoms with Crippen LogP contribution in [0.4, 0.5) is 4.79 Å². The second kappa shape index (κ2) is 8.53. The van der Waals surface area contributed by atoms with E-state index in [2.05, 4.69) is 10.2 Å². The second-order valence-electron chi connectivity index (χ2n) is 9.46. The summed E-state index contributed by atoms with van der Waals surface area (Å²) in [6.07, 6.45) is 4.83. The van der Waals surface area contributed by atoms with Gasteiger partial charge in [-0.2, -0.15) is 0 Å². The summed E-state index contributed by atoms with van der Waals surface area (Å²) in [5.41, 5.74) is -0.553. The number of carbonyl (C=O) groups excluding carboxylic acids is 2. The van der Waals surface area contributed by atoms with Crippen molar-refractivity contribution in [1.29, 1.82) is 0 Å². The minimum atomic E-state index is -0.553. The van der Waals surface area contributed by atoms with Gasteiger partial charge in [0, 0.05) is 31.8 Å². The Kier molecular flexibility index (Phi) is 5.99. The smallest absolute Gasteiger partial charge is 0.410 e. The molecule has 4 rings (SSSR count). The van der Waals surface area contributed by atoms with Crippen molar-refractivity contribution < 1.29 is 23.5 Å². The number of rotatable bonds is 4. The SMILES string of the molecule is CC(C)(C)OC(=O)N1C[C@@H]2OCCN(C(=O)CCc3nnc(C4CCCC4)o3)[C@@H]2C1. The molecule has 9 nitrogen and oxygen atoms in total. The van der Waals surface area contributed by atoms with Gasteiger partial charge in [-0.3, -0.25) is 4.79 Å². The lowest BCUT2D eigenvalue weighted by atomic mass is 10.1. The number of amides is 2. The number of hydrogen-bond acceptors (Lipinski definition) is 7. The molecule has 9 heteroatoms. The minimum absolute atomic E-state index is 0.0277. The molecule has 2 amide bonds. The first-order valence-electron chi connectivity index (χ1n) is 11.0. The lowest BCUT2D eigenvalue weighted by molar-refractivity contribution is -0.142. The van der Waals surface area contributed by atoms with Gasteiger partial charge in [0.25, 0.3) is 0 Å². The monoisotopic (exact) mass is 420 g/mol. The summed E-state index contributed by atoms with van der Waals surface area (Å²) in [5.74, 6) is 1.64. The van der Waals surface area contributed by atoms with Crippen LogP contribution in [0.3, 0.4) is 0 Å². The Labute approximate surface area is 177 Å². The number of aryl methyl sites for hydroxylation is 1. The van der Waals surface area contributed by atoms with Crippen molar-refractivity contribution in [3.05, 3.63) is 11.8 Å². The Balaban J connectivity index is 1.32. The Morgan fingerprint density at radius 3 is 2.67 bits per heavy atom. The number of ether oxygens (including phenoxy) is 2. The molecule has 2 aliphatic heterocycles. The molecule has 1 aromatic heterocycles. The van der Waals surface area contributed by atoms with Crippen molar-refractivity contribution >= 4 is 12.0 Å². The van der Waals surface area contributed by atoms with Gasteiger partial charge in [0.15, 0.2) is 0 Å². The molecule has 3 fully saturated rings. The van der Waals surface area contributed by atoms with E-state index in [1.165, 1.54) is 12.8 Å². The molecule has 166 valence electrons. The molecule has 0 spiro atoms. The van der Waals surface area contributed by atoms with Gasteiger partial charge >= 0.3 is 6.09 Å². The summed E-state index contributed by atoms with van der Waals surface area (Å²) < 4.78 is 17.1. The van der Waals surface area contributed by atoms with Crippen molar-refractivity contribution in [1.82, 2.24) is 20.0 Å². The van der Waals surface area contributed by atoms with Crippen LogP contribution in [0, 0.1) is 0 Å². The molecular formula is C21H32N4O5. The standard InChI is InChI=1S/C21H32N4O5/c1-21(2,3)30-20(27)24-12-15-16(13-24)28-11-10-25(15)18(26)9-8-17-22-23-19(29-17)14-6-4-5-7-14/h14-16H,4-13H2,1-3H3/t15-,16+/m1/s1. The van der Waals surface area contributed by atoms with Crippen LogP contribution in [-0.4, -0.2) is 76.0 Å². The van der Waals surface area contributed by atoms with Gasteiger partial charge in [-0.1, -0.05) is 12.8 Å². The molecule has 0 radical (unpaired) electrons. The molecule has 0 unspecified atom stereocenters. The second-order valence-corrected chi connectivity index (χ2v) is 9.46. The van der Waals surface area contributed by atoms with Gasteiger partial charge in [0.05, 0.1) is 25.3 Å². The van der Waals surface area contributed by atoms with Crippen LogP contribution in [0.25, 0.3) is 0 Å². The summed E-state index contributed by atoms with van der Waals surface area (Å²) in [6.45, 7) is 7.40. The van der Waals surface area contributed by atoms with Gasteiger partial charge in [-0.15, -0.1) is 10.2 Å². The van der Waals surface area contributed by atoms with E-state index < -0.39 is 5.60 Å². The number of hydrogen-bond donors (Lipinski definition) is 0. The average molecular weight is 421 g/mol. The van der Waals surface area contributed by atoms with Crippen molar-refractivity contribution in [3.8, 4) is 0 Å². The van der Waals surface area contributed by atoms with Crippen molar-refractivity contribution in [2.75, 3.05) is 26.2 Å². The van der Waals surface area contributed by atoms with Crippen molar-refractivity contribution in [2.24, 2.45) is 0 Å². The molecule has 2 saturated heterocycles. The zero-order valence-corrected chi connectivity index (χ0v) is 18.1. The highest BCUT2D eigenvalue weighted by molar-refractivity contribution is 5.77. The highest BCUT2D eigenvalue weighted by atomic mass is 16.6. The topological polar surface area (TPSA) is 98.0 Å². The van der Waals surface area contributed by atoms with E-state index in [1.54, 1.807) is 4.90 Å². The van der Waals surface area contributed by atoms with E-state index in [0.29, 0.717) is 56.8 Å². The van der Waals surface area contributed by atoms with E-state index in [1.807, 2.05) is 25.7 Å². The number of fused-ring (bicyclic) bond motifs is 1. The number of morpholine rings is 1. The van der Waals surface area contributed by atoms with Crippen LogP contribution in [0.2, 0.25) is 0 Å². The molecule has 2 atom stereocenters. The molecular weight excluding hydrogens is 388 g/mol. The number of carbonyl (C=O) groups is 2. The summed E-state index contributed by atoms with van der Waals surface area (Å²) in [7, 11) is 0. The van der Waals surface area contributed by atoms with Crippen LogP contribution in [0.15, 0.2) is 4.42 Å². The molecule has 0 N–H and O–H groups in total. The molecule has 1 aliphatic carbocycles. The Morgan fingerprint density at radius 2 is 1.93 bits per heavy atom. The number of nitrogens with zero attached hydrogens (tertiary/aromatic N) is 4. The van der Waals surface area contributed by atoms with Crippen LogP contribution in [-0.2, 0) is 20.7 Å². The fraction of sp³-hybridized carbons (Fsp3) is 0.810. The van der Waals surface area contributed by atoms with Gasteiger partial charge in [0.2, 0.25) is 17.7 Å². The van der Waals surface area contributed by atoms with E-state index >= 15 is 0 Å². The number of aromatic nitrogens is 2. The maximum Gasteiger partial charge on any atom is 0.410 e. The zero-order valence-electron chi connectivity index (χ0n) is 18.1. The fourth-order valence-electron chi connectivity index (χ4n) is 4.54. The largest absolute Gasteiger partial charge is 0.444 e. The number of likely N-dealkylation sites (tertiary alicyclic amines) is 1. The maximum atomic E-state index is 12.9. The van der Waals surface area contributed by atoms with Crippen LogP contribution in [0.1, 0.15) is 70.6 Å². The van der Waals surface area contributed by atoms with E-state index in [4.69, 9.17) is 13.9 Å². The Morgan fingerprint density at radius 1 is 1.17 bits per heavy atom. The summed E-state index contributed by atoms with van der Waals surface area (Å²) in [6, 6.07) is -0.143. The first kappa shape index (κ1) is 21.1. The minimum Gasteiger partial charge on any atom is -0.444 e. The third-order valence-electron chi connectivity index (χ3n) is 6.01. The third-order valence-corrected chi connectivity index (χ3v) is 6.01. The van der Waals surface area contributed by atoms with Crippen LogP contribution in [0.5, 0.6) is 0 Å². The average Bonchev–Trinajstić information content (AvgIpc) is 3.44. The molecule has 1 aromatic rings. The highest BCUT2D eigenvalue weighted by Gasteiger charge is 2.44. The fourth-order valence-corrected chi connectivity index (χ4v) is 4.54. The van der Waals surface area contributed by atoms with Gasteiger partial charge in [0.1, 0.15) is 5.60 Å². The predicted octanol–water partition coefficient (Wildman–Crippen LogP) is 2.51. The molecule has 30 heavy (non-hydrogen) atoms. The van der Waals surface area contributed by atoms with E-state index in [-0.39, 0.29) is 24.1 Å². The first-order chi connectivity index (χ1) is 14.3. The third kappa shape index (κ3) is 4.77. The van der Waals surface area contributed by atoms with Gasteiger partial charge in [-0.05, 0) is 33.6 Å². The molecule has 0 bridgehead atoms. The normalized spacial score (nSPS) is 24.9. The van der Waals surface area contributed by atoms with Crippen molar-refractivity contribution in [2.45, 2.75) is 83.0 Å². The van der Waals surface area contributed by atoms with Crippen molar-refractivity contribution in [3.63, 3.8) is 0 Å². The van der Waals surface area contributed by atoms with Crippen LogP contribution >= 0.6 is 0 Å². The molecule has 3 aliphatic rings. The Hall–Kier alpha value is -2.16. The lowest BCUT2D eigenvalue weighted by Crippen LogP contribution is -2.53. The molecule has 1 saturated carbocycles. The molecule has 3 heterocycles. The Bertz CT molecular complexity index is 768. The van der Waals surface area contributed by atoms with Crippen LogP contribution < -0.4 is 0 Å². The highest BCUT2D eigenvalue weighted by Crippen LogP contribution is 2.33.